The normalized spacial score (nSPS) is 12.8. The molecule has 2 atom stereocenters. The molecule has 2 amide bonds. The van der Waals surface area contributed by atoms with Gasteiger partial charge in [-0.25, -0.2) is 14.6 Å². The first-order chi connectivity index (χ1) is 26.4. The van der Waals surface area contributed by atoms with Crippen molar-refractivity contribution in [3.8, 4) is 12.3 Å². The predicted octanol–water partition coefficient (Wildman–Crippen LogP) is 5.43. The van der Waals surface area contributed by atoms with E-state index in [-0.39, 0.29) is 49.8 Å². The van der Waals surface area contributed by atoms with Crippen molar-refractivity contribution in [1.82, 2.24) is 20.6 Å². The van der Waals surface area contributed by atoms with Crippen molar-refractivity contribution >= 4 is 46.3 Å². The zero-order valence-corrected chi connectivity index (χ0v) is 34.8. The number of aromatic amines is 1. The number of nitrogens with one attached hydrogen (secondary N) is 3. The fourth-order valence-electron chi connectivity index (χ4n) is 5.66. The van der Waals surface area contributed by atoms with Gasteiger partial charge >= 0.3 is 17.9 Å². The molecule has 0 bridgehead atoms. The third kappa shape index (κ3) is 15.7. The van der Waals surface area contributed by atoms with Crippen LogP contribution in [0.5, 0.6) is 0 Å². The number of amides is 2. The van der Waals surface area contributed by atoms with Crippen LogP contribution in [0.1, 0.15) is 116 Å². The lowest BCUT2D eigenvalue weighted by Gasteiger charge is -2.26. The van der Waals surface area contributed by atoms with Crippen molar-refractivity contribution in [2.75, 3.05) is 11.4 Å². The number of carbonyl (C=O) groups excluding carboxylic acids is 5. The number of nitrogens with zero attached hydrogens (tertiary/aromatic N) is 2. The van der Waals surface area contributed by atoms with E-state index in [0.717, 1.165) is 5.56 Å². The van der Waals surface area contributed by atoms with E-state index in [0.29, 0.717) is 29.0 Å². The molecule has 0 spiro atoms. The molecule has 57 heavy (non-hydrogen) atoms. The molecule has 1 heterocycles. The molecule has 3 aromatic rings. The summed E-state index contributed by atoms with van der Waals surface area (Å²) in [5.74, 6) is 0.199. The first-order valence-electron chi connectivity index (χ1n) is 19.0. The number of hydrogen-bond donors (Lipinski definition) is 3. The van der Waals surface area contributed by atoms with E-state index >= 15 is 0 Å². The summed E-state index contributed by atoms with van der Waals surface area (Å²) >= 11 is 0. The maximum Gasteiger partial charge on any atom is 0.329 e. The van der Waals surface area contributed by atoms with Gasteiger partial charge < -0.3 is 34.7 Å². The lowest BCUT2D eigenvalue weighted by molar-refractivity contribution is -0.160. The smallest absolute Gasteiger partial charge is 0.329 e. The first kappa shape index (κ1) is 45.7. The Kier molecular flexibility index (Phi) is 15.6. The van der Waals surface area contributed by atoms with Crippen molar-refractivity contribution in [2.45, 2.75) is 137 Å². The van der Waals surface area contributed by atoms with Crippen molar-refractivity contribution in [2.24, 2.45) is 0 Å². The summed E-state index contributed by atoms with van der Waals surface area (Å²) in [5.41, 5.74) is -0.234. The highest BCUT2D eigenvalue weighted by molar-refractivity contribution is 5.97. The molecular weight excluding hydrogens is 730 g/mol. The molecule has 3 rings (SSSR count). The van der Waals surface area contributed by atoms with Crippen LogP contribution in [0.2, 0.25) is 0 Å². The minimum Gasteiger partial charge on any atom is -0.460 e. The molecule has 14 heteroatoms. The van der Waals surface area contributed by atoms with Crippen LogP contribution in [0.3, 0.4) is 0 Å². The van der Waals surface area contributed by atoms with Gasteiger partial charge in [-0.15, -0.1) is 6.42 Å². The fourth-order valence-corrected chi connectivity index (χ4v) is 5.66. The number of aromatic nitrogens is 2. The standard InChI is InChI=1S/C43H57N5O9/c1-12-24-48(26-28-16-21-32-31(25-28)38(52)45-27(2)44-32)30-19-17-29(18-20-30)37(51)47-34(40(54)57-43(9,10)11)22-23-35(49)46-33(39(53)56-42(6,7)8)14-13-15-36(50)55-41(3,4)5/h1,16-21,25,33-34H,13-15,22-24,26H2,2-11H3,(H,46,49)(H,47,51)(H,44,45,52)/t33-,34+/m1/s1. The monoisotopic (exact) mass is 787 g/mol. The number of anilines is 1. The lowest BCUT2D eigenvalue weighted by Crippen LogP contribution is -2.46. The average molecular weight is 788 g/mol. The molecule has 0 fully saturated rings. The van der Waals surface area contributed by atoms with Gasteiger partial charge in [0.25, 0.3) is 11.5 Å². The Morgan fingerprint density at radius 1 is 0.807 bits per heavy atom. The van der Waals surface area contributed by atoms with Gasteiger partial charge in [-0.05, 0) is 130 Å². The van der Waals surface area contributed by atoms with Gasteiger partial charge in [0.1, 0.15) is 34.7 Å². The second-order valence-corrected chi connectivity index (χ2v) is 16.8. The quantitative estimate of drug-likeness (QED) is 0.0955. The fraction of sp³-hybridized carbons (Fsp3) is 0.512. The van der Waals surface area contributed by atoms with E-state index in [4.69, 9.17) is 20.6 Å². The second-order valence-electron chi connectivity index (χ2n) is 16.8. The van der Waals surface area contributed by atoms with E-state index in [9.17, 15) is 28.8 Å². The SMILES string of the molecule is C#CCN(Cc1ccc2nc(C)[nH]c(=O)c2c1)c1ccc(C(=O)N[C@@H](CCC(=O)N[C@H](CCCC(=O)OC(C)(C)C)C(=O)OC(C)(C)C)C(=O)OC(C)(C)C)cc1. The molecule has 1 aromatic heterocycles. The Morgan fingerprint density at radius 3 is 1.95 bits per heavy atom. The molecule has 0 aliphatic carbocycles. The number of rotatable bonds is 16. The highest BCUT2D eigenvalue weighted by Crippen LogP contribution is 2.21. The Balaban J connectivity index is 1.73. The zero-order chi connectivity index (χ0) is 42.7. The lowest BCUT2D eigenvalue weighted by atomic mass is 10.1. The molecule has 0 unspecified atom stereocenters. The van der Waals surface area contributed by atoms with E-state index in [2.05, 4.69) is 26.5 Å². The summed E-state index contributed by atoms with van der Waals surface area (Å²) in [4.78, 5) is 86.9. The number of H-pyrrole nitrogens is 1. The van der Waals surface area contributed by atoms with Crippen LogP contribution >= 0.6 is 0 Å². The van der Waals surface area contributed by atoms with Gasteiger partial charge in [0.05, 0.1) is 17.4 Å². The summed E-state index contributed by atoms with van der Waals surface area (Å²) in [6.45, 7) is 17.8. The van der Waals surface area contributed by atoms with Crippen molar-refractivity contribution in [1.29, 1.82) is 0 Å². The molecule has 308 valence electrons. The number of aryl methyl sites for hydroxylation is 1. The highest BCUT2D eigenvalue weighted by atomic mass is 16.6. The molecule has 0 aliphatic rings. The first-order valence-corrected chi connectivity index (χ1v) is 19.0. The maximum absolute atomic E-state index is 13.5. The van der Waals surface area contributed by atoms with E-state index in [1.165, 1.54) is 0 Å². The summed E-state index contributed by atoms with van der Waals surface area (Å²) in [6.07, 6.45) is 5.70. The minimum absolute atomic E-state index is 0.0342. The van der Waals surface area contributed by atoms with E-state index in [1.54, 1.807) is 106 Å². The largest absolute Gasteiger partial charge is 0.460 e. The highest BCUT2D eigenvalue weighted by Gasteiger charge is 2.30. The number of terminal acetylenes is 1. The van der Waals surface area contributed by atoms with Crippen LogP contribution in [-0.2, 0) is 39.9 Å². The van der Waals surface area contributed by atoms with Gasteiger partial charge in [0.2, 0.25) is 5.91 Å². The summed E-state index contributed by atoms with van der Waals surface area (Å²) in [7, 11) is 0. The number of ether oxygens (including phenoxy) is 3. The van der Waals surface area contributed by atoms with Crippen LogP contribution in [0, 0.1) is 19.3 Å². The number of hydrogen-bond acceptors (Lipinski definition) is 11. The molecule has 3 N–H and O–H groups in total. The number of benzene rings is 2. The molecule has 0 saturated heterocycles. The third-order valence-corrected chi connectivity index (χ3v) is 8.02. The third-order valence-electron chi connectivity index (χ3n) is 8.02. The van der Waals surface area contributed by atoms with Crippen molar-refractivity contribution < 1.29 is 38.2 Å². The van der Waals surface area contributed by atoms with Gasteiger partial charge in [-0.2, -0.15) is 0 Å². The summed E-state index contributed by atoms with van der Waals surface area (Å²) in [6, 6.07) is 9.79. The number of fused-ring (bicyclic) bond motifs is 1. The summed E-state index contributed by atoms with van der Waals surface area (Å²) in [5, 5.41) is 5.84. The molecule has 0 radical (unpaired) electrons. The Bertz CT molecular complexity index is 2010. The van der Waals surface area contributed by atoms with Gasteiger partial charge in [-0.3, -0.25) is 19.2 Å². The van der Waals surface area contributed by atoms with Gasteiger partial charge in [0.15, 0.2) is 0 Å². The average Bonchev–Trinajstić information content (AvgIpc) is 3.07. The molecule has 14 nitrogen and oxygen atoms in total. The maximum atomic E-state index is 13.5. The van der Waals surface area contributed by atoms with Crippen LogP contribution < -0.4 is 21.1 Å². The number of carbonyl (C=O) groups is 5. The van der Waals surface area contributed by atoms with Crippen molar-refractivity contribution in [3.63, 3.8) is 0 Å². The van der Waals surface area contributed by atoms with Gasteiger partial charge in [-0.1, -0.05) is 12.0 Å². The Morgan fingerprint density at radius 2 is 1.39 bits per heavy atom. The van der Waals surface area contributed by atoms with E-state index in [1.807, 2.05) is 11.0 Å². The molecule has 2 aromatic carbocycles. The van der Waals surface area contributed by atoms with E-state index < -0.39 is 58.6 Å². The molecule has 0 saturated carbocycles. The van der Waals surface area contributed by atoms with Crippen LogP contribution in [0.4, 0.5) is 5.69 Å². The van der Waals surface area contributed by atoms with Gasteiger partial charge in [0, 0.05) is 30.6 Å². The van der Waals surface area contributed by atoms with Crippen LogP contribution in [-0.4, -0.2) is 75.1 Å². The topological polar surface area (TPSA) is 186 Å². The molecular formula is C43H57N5O9. The Labute approximate surface area is 334 Å². The molecule has 0 aliphatic heterocycles. The predicted molar refractivity (Wildman–Crippen MR) is 217 cm³/mol. The number of esters is 3. The zero-order valence-electron chi connectivity index (χ0n) is 34.8. The van der Waals surface area contributed by atoms with Crippen LogP contribution in [0.15, 0.2) is 47.3 Å². The minimum atomic E-state index is -1.21. The van der Waals surface area contributed by atoms with Crippen molar-refractivity contribution in [3.05, 3.63) is 69.8 Å². The summed E-state index contributed by atoms with van der Waals surface area (Å²) < 4.78 is 16.4. The van der Waals surface area contributed by atoms with Crippen LogP contribution in [0.25, 0.3) is 10.9 Å². The Hall–Kier alpha value is -5.71. The second kappa shape index (κ2) is 19.4.